The van der Waals surface area contributed by atoms with Gasteiger partial charge in [0, 0.05) is 74.0 Å². The normalized spacial score (nSPS) is 20.0. The first-order valence-corrected chi connectivity index (χ1v) is 15.2. The number of nitrogens with zero attached hydrogens (tertiary/aromatic N) is 1. The monoisotopic (exact) mass is 629 g/mol. The van der Waals surface area contributed by atoms with Crippen LogP contribution in [0.2, 0.25) is 15.1 Å². The van der Waals surface area contributed by atoms with E-state index in [0.29, 0.717) is 63.2 Å². The standard InChI is InChI=1S/C33H34Cl3NO5/c1-32(2)13-23-30(25(38)15-32)29(31-24(37(23)10-9-28(40)41)14-33(3,4)16-26(31)39)21-11-19(34)7-8-27(21)42-17-18-5-6-20(35)12-22(18)36/h5-8,11-12,29H,9-10,13-17H2,1-4H3,(H,40,41). The van der Waals surface area contributed by atoms with Crippen LogP contribution >= 0.6 is 34.8 Å². The zero-order valence-electron chi connectivity index (χ0n) is 24.2. The number of hydrogen-bond donors (Lipinski definition) is 1. The molecule has 9 heteroatoms. The molecule has 0 saturated carbocycles. The molecule has 3 aliphatic rings. The van der Waals surface area contributed by atoms with Crippen molar-refractivity contribution in [3.05, 3.63) is 85.1 Å². The quantitative estimate of drug-likeness (QED) is 0.331. The van der Waals surface area contributed by atoms with Crippen LogP contribution in [0.3, 0.4) is 0 Å². The van der Waals surface area contributed by atoms with E-state index in [2.05, 4.69) is 0 Å². The number of carboxylic acids is 1. The smallest absolute Gasteiger partial charge is 0.305 e. The van der Waals surface area contributed by atoms with Crippen LogP contribution in [0.1, 0.15) is 76.8 Å². The SMILES string of the molecule is CC1(C)CC(=O)C2=C(C1)N(CCC(=O)O)C1=C(C(=O)CC(C)(C)C1)C2c1cc(Cl)ccc1OCc1ccc(Cl)cc1Cl. The molecule has 5 rings (SSSR count). The maximum Gasteiger partial charge on any atom is 0.305 e. The molecule has 0 fully saturated rings. The number of carboxylic acid groups (broad SMARTS) is 1. The summed E-state index contributed by atoms with van der Waals surface area (Å²) in [5.74, 6) is -1.23. The van der Waals surface area contributed by atoms with E-state index in [-0.39, 0.29) is 42.0 Å². The predicted octanol–water partition coefficient (Wildman–Crippen LogP) is 8.39. The van der Waals surface area contributed by atoms with Crippen molar-refractivity contribution in [1.29, 1.82) is 0 Å². The van der Waals surface area contributed by atoms with Crippen LogP contribution in [0.25, 0.3) is 0 Å². The van der Waals surface area contributed by atoms with Gasteiger partial charge < -0.3 is 14.7 Å². The lowest BCUT2D eigenvalue weighted by Crippen LogP contribution is -2.45. The molecule has 6 nitrogen and oxygen atoms in total. The van der Waals surface area contributed by atoms with Gasteiger partial charge in [-0.25, -0.2) is 0 Å². The van der Waals surface area contributed by atoms with Crippen molar-refractivity contribution >= 4 is 52.3 Å². The summed E-state index contributed by atoms with van der Waals surface area (Å²) in [5, 5.41) is 11.0. The molecule has 2 aromatic rings. The molecule has 42 heavy (non-hydrogen) atoms. The molecule has 0 amide bonds. The fraction of sp³-hybridized carbons (Fsp3) is 0.424. The van der Waals surface area contributed by atoms with Crippen molar-refractivity contribution in [2.24, 2.45) is 10.8 Å². The summed E-state index contributed by atoms with van der Waals surface area (Å²) in [7, 11) is 0. The van der Waals surface area contributed by atoms with E-state index in [1.165, 1.54) is 0 Å². The molecule has 0 bridgehead atoms. The molecule has 222 valence electrons. The Balaban J connectivity index is 1.70. The van der Waals surface area contributed by atoms with E-state index in [9.17, 15) is 19.5 Å². The van der Waals surface area contributed by atoms with E-state index < -0.39 is 11.9 Å². The average Bonchev–Trinajstić information content (AvgIpc) is 2.85. The Morgan fingerprint density at radius 3 is 1.98 bits per heavy atom. The van der Waals surface area contributed by atoms with Crippen molar-refractivity contribution in [3.63, 3.8) is 0 Å². The van der Waals surface area contributed by atoms with E-state index in [1.54, 1.807) is 36.4 Å². The number of allylic oxidation sites excluding steroid dienone is 4. The molecule has 0 unspecified atom stereocenters. The molecule has 1 N–H and O–H groups in total. The summed E-state index contributed by atoms with van der Waals surface area (Å²) in [6.07, 6.45) is 1.66. The Labute approximate surface area is 261 Å². The first kappa shape index (κ1) is 30.7. The second kappa shape index (κ2) is 11.4. The zero-order valence-corrected chi connectivity index (χ0v) is 26.4. The largest absolute Gasteiger partial charge is 0.489 e. The van der Waals surface area contributed by atoms with Crippen LogP contribution in [0, 0.1) is 10.8 Å². The summed E-state index contributed by atoms with van der Waals surface area (Å²) in [6, 6.07) is 10.4. The first-order chi connectivity index (χ1) is 19.7. The number of rotatable bonds is 7. The number of carbonyl (C=O) groups is 3. The molecule has 1 aliphatic heterocycles. The van der Waals surface area contributed by atoms with Gasteiger partial charge in [-0.2, -0.15) is 0 Å². The zero-order chi connectivity index (χ0) is 30.6. The van der Waals surface area contributed by atoms with Gasteiger partial charge in [0.05, 0.1) is 6.42 Å². The second-order valence-corrected chi connectivity index (χ2v) is 14.3. The molecule has 2 aliphatic carbocycles. The number of hydrogen-bond acceptors (Lipinski definition) is 5. The summed E-state index contributed by atoms with van der Waals surface area (Å²) in [6.45, 7) is 8.50. The second-order valence-electron chi connectivity index (χ2n) is 13.0. The number of carbonyl (C=O) groups excluding carboxylic acids is 2. The molecule has 0 aromatic heterocycles. The van der Waals surface area contributed by atoms with Crippen molar-refractivity contribution in [2.45, 2.75) is 72.3 Å². The fourth-order valence-electron chi connectivity index (χ4n) is 6.51. The lowest BCUT2D eigenvalue weighted by Gasteiger charge is -2.49. The van der Waals surface area contributed by atoms with Crippen molar-refractivity contribution in [1.82, 2.24) is 4.90 Å². The lowest BCUT2D eigenvalue weighted by atomic mass is 9.63. The molecular weight excluding hydrogens is 597 g/mol. The van der Waals surface area contributed by atoms with Gasteiger partial charge in [-0.05, 0) is 54.0 Å². The van der Waals surface area contributed by atoms with Gasteiger partial charge in [0.15, 0.2) is 11.6 Å². The summed E-state index contributed by atoms with van der Waals surface area (Å²) < 4.78 is 6.32. The van der Waals surface area contributed by atoms with Crippen LogP contribution in [0.5, 0.6) is 5.75 Å². The minimum atomic E-state index is -0.935. The Morgan fingerprint density at radius 2 is 1.43 bits per heavy atom. The highest BCUT2D eigenvalue weighted by Gasteiger charge is 2.49. The summed E-state index contributed by atoms with van der Waals surface area (Å²) >= 11 is 19.0. The Bertz CT molecular complexity index is 1500. The van der Waals surface area contributed by atoms with Gasteiger partial charge in [-0.15, -0.1) is 0 Å². The maximum atomic E-state index is 14.0. The number of ether oxygens (including phenoxy) is 1. The van der Waals surface area contributed by atoms with Gasteiger partial charge in [-0.3, -0.25) is 14.4 Å². The van der Waals surface area contributed by atoms with Crippen LogP contribution in [0.15, 0.2) is 58.9 Å². The molecule has 0 atom stereocenters. The third-order valence-corrected chi connectivity index (χ3v) is 9.07. The van der Waals surface area contributed by atoms with E-state index >= 15 is 0 Å². The van der Waals surface area contributed by atoms with E-state index in [1.807, 2.05) is 32.6 Å². The third-order valence-electron chi connectivity index (χ3n) is 8.25. The Morgan fingerprint density at radius 1 is 0.881 bits per heavy atom. The molecule has 2 aromatic carbocycles. The van der Waals surface area contributed by atoms with Crippen LogP contribution in [0.4, 0.5) is 0 Å². The fourth-order valence-corrected chi connectivity index (χ4v) is 7.15. The van der Waals surface area contributed by atoms with Crippen LogP contribution in [-0.4, -0.2) is 34.1 Å². The Hall–Kier alpha value is -2.80. The topological polar surface area (TPSA) is 83.9 Å². The predicted molar refractivity (Wildman–Crippen MR) is 164 cm³/mol. The van der Waals surface area contributed by atoms with Crippen molar-refractivity contribution < 1.29 is 24.2 Å². The highest BCUT2D eigenvalue weighted by Crippen LogP contribution is 2.55. The number of Topliss-reactive ketones (excluding diaryl/α,β-unsaturated/α-hetero) is 2. The lowest BCUT2D eigenvalue weighted by molar-refractivity contribution is -0.137. The van der Waals surface area contributed by atoms with Gasteiger partial charge in [0.2, 0.25) is 0 Å². The highest BCUT2D eigenvalue weighted by atomic mass is 35.5. The number of ketones is 2. The van der Waals surface area contributed by atoms with Crippen LogP contribution < -0.4 is 4.74 Å². The highest BCUT2D eigenvalue weighted by molar-refractivity contribution is 6.35. The molecule has 0 radical (unpaired) electrons. The van der Waals surface area contributed by atoms with E-state index in [0.717, 1.165) is 17.0 Å². The number of benzene rings is 2. The Kier molecular flexibility index (Phi) is 8.29. The minimum Gasteiger partial charge on any atom is -0.489 e. The molecule has 0 spiro atoms. The number of halogens is 3. The number of aliphatic carboxylic acids is 1. The first-order valence-electron chi connectivity index (χ1n) is 14.0. The van der Waals surface area contributed by atoms with Crippen molar-refractivity contribution in [2.75, 3.05) is 6.54 Å². The van der Waals surface area contributed by atoms with E-state index in [4.69, 9.17) is 39.5 Å². The third kappa shape index (κ3) is 6.13. The maximum absolute atomic E-state index is 14.0. The van der Waals surface area contributed by atoms with Gasteiger partial charge in [0.1, 0.15) is 12.4 Å². The average molecular weight is 631 g/mol. The summed E-state index contributed by atoms with van der Waals surface area (Å²) in [4.78, 5) is 41.7. The molecular formula is C33H34Cl3NO5. The summed E-state index contributed by atoms with van der Waals surface area (Å²) in [5.41, 5.74) is 3.35. The molecule has 0 saturated heterocycles. The van der Waals surface area contributed by atoms with Gasteiger partial charge in [-0.1, -0.05) is 68.6 Å². The van der Waals surface area contributed by atoms with Crippen molar-refractivity contribution in [3.8, 4) is 5.75 Å². The molecule has 1 heterocycles. The minimum absolute atomic E-state index is 0.0533. The van der Waals surface area contributed by atoms with Crippen LogP contribution in [-0.2, 0) is 21.0 Å². The van der Waals surface area contributed by atoms with Gasteiger partial charge in [0.25, 0.3) is 0 Å². The van der Waals surface area contributed by atoms with Gasteiger partial charge >= 0.3 is 5.97 Å².